The molecular weight excluding hydrogens is 723 g/mol. The predicted octanol–water partition coefficient (Wildman–Crippen LogP) is 8.94. The minimum Gasteiger partial charge on any atom is -0.394 e. The molecule has 1 aliphatic heterocycles. The topological polar surface area (TPSA) is 169 Å². The molecule has 7 N–H and O–H groups in total. The van der Waals surface area contributed by atoms with E-state index in [9.17, 15) is 35.4 Å². The number of allylic oxidation sites excluding steroid dienone is 1. The molecule has 1 heterocycles. The lowest BCUT2D eigenvalue weighted by Gasteiger charge is -2.40. The van der Waals surface area contributed by atoms with Gasteiger partial charge < -0.3 is 45.4 Å². The van der Waals surface area contributed by atoms with Crippen LogP contribution in [0.2, 0.25) is 0 Å². The lowest BCUT2D eigenvalue weighted by Crippen LogP contribution is -2.60. The monoisotopic (exact) mass is 814 g/mol. The standard InChI is InChI=1S/C47H91NO9/c1-4-6-7-8-9-10-11-12-13-14-15-16-17-18-23-26-29-32-35-41(51)46(55)48-39(37-56-47-45(54)44(53)43(52)42(36-49)57-47)40(50)34-31-28-25-22-20-19-21-24-27-30-33-38(3)5-2/h31,34,38-45,47,49-54H,4-30,32-33,35-37H2,1-3H3,(H,48,55)/b34-31+/t38?,39-,40+,41+,42+,43+,44-,45+,47+/m0/s1. The zero-order valence-corrected chi connectivity index (χ0v) is 36.9. The van der Waals surface area contributed by atoms with Crippen molar-refractivity contribution < 1.29 is 44.9 Å². The Bertz CT molecular complexity index is 937. The number of ether oxygens (including phenoxy) is 2. The van der Waals surface area contributed by atoms with Gasteiger partial charge in [0.05, 0.1) is 25.4 Å². The molecule has 1 fully saturated rings. The highest BCUT2D eigenvalue weighted by Crippen LogP contribution is 2.23. The van der Waals surface area contributed by atoms with Crippen molar-refractivity contribution in [3.05, 3.63) is 12.2 Å². The van der Waals surface area contributed by atoms with E-state index in [0.717, 1.165) is 50.9 Å². The molecule has 338 valence electrons. The Morgan fingerprint density at radius 1 is 0.649 bits per heavy atom. The molecule has 9 atom stereocenters. The first-order valence-corrected chi connectivity index (χ1v) is 23.9. The molecule has 0 spiro atoms. The molecule has 57 heavy (non-hydrogen) atoms. The SMILES string of the molecule is CCCCCCCCCCCCCCCCCCCC[C@@H](O)C(=O)N[C@@H](CO[C@@H]1O[C@H](CO)[C@@H](O)[C@H](O)[C@H]1O)[C@H](O)/C=C/CCCCCCCCCCC(C)CC. The summed E-state index contributed by atoms with van der Waals surface area (Å²) in [5.41, 5.74) is 0. The van der Waals surface area contributed by atoms with Crippen LogP contribution in [0.4, 0.5) is 0 Å². The molecule has 0 radical (unpaired) electrons. The zero-order chi connectivity index (χ0) is 41.9. The quantitative estimate of drug-likeness (QED) is 0.0237. The minimum absolute atomic E-state index is 0.302. The third-order valence-electron chi connectivity index (χ3n) is 12.0. The first-order chi connectivity index (χ1) is 27.7. The van der Waals surface area contributed by atoms with Crippen LogP contribution in [-0.4, -0.2) is 98.7 Å². The van der Waals surface area contributed by atoms with Crippen LogP contribution < -0.4 is 5.32 Å². The van der Waals surface area contributed by atoms with Crippen molar-refractivity contribution in [3.8, 4) is 0 Å². The molecule has 10 heteroatoms. The average Bonchev–Trinajstić information content (AvgIpc) is 3.21. The second-order valence-corrected chi connectivity index (χ2v) is 17.3. The Hall–Kier alpha value is -1.11. The number of hydrogen-bond donors (Lipinski definition) is 7. The molecule has 1 rings (SSSR count). The number of aliphatic hydroxyl groups is 6. The van der Waals surface area contributed by atoms with Gasteiger partial charge in [-0.25, -0.2) is 0 Å². The van der Waals surface area contributed by atoms with E-state index in [1.54, 1.807) is 6.08 Å². The summed E-state index contributed by atoms with van der Waals surface area (Å²) < 4.78 is 11.1. The van der Waals surface area contributed by atoms with Crippen molar-refractivity contribution in [2.24, 2.45) is 5.92 Å². The Balaban J connectivity index is 2.39. The summed E-state index contributed by atoms with van der Waals surface area (Å²) in [7, 11) is 0. The Morgan fingerprint density at radius 3 is 1.58 bits per heavy atom. The number of rotatable bonds is 39. The Labute approximate surface area is 349 Å². The van der Waals surface area contributed by atoms with Gasteiger partial charge >= 0.3 is 0 Å². The number of carbonyl (C=O) groups excluding carboxylic acids is 1. The van der Waals surface area contributed by atoms with E-state index >= 15 is 0 Å². The van der Waals surface area contributed by atoms with Crippen molar-refractivity contribution in [2.75, 3.05) is 13.2 Å². The maximum Gasteiger partial charge on any atom is 0.249 e. The molecule has 0 bridgehead atoms. The number of amides is 1. The third kappa shape index (κ3) is 27.4. The molecule has 1 amide bonds. The molecule has 0 aromatic heterocycles. The van der Waals surface area contributed by atoms with Crippen LogP contribution in [0.15, 0.2) is 12.2 Å². The molecule has 0 aromatic carbocycles. The number of unbranched alkanes of at least 4 members (excludes halogenated alkanes) is 25. The van der Waals surface area contributed by atoms with Crippen molar-refractivity contribution in [3.63, 3.8) is 0 Å². The summed E-state index contributed by atoms with van der Waals surface area (Å²) in [6, 6.07) is -0.976. The fourth-order valence-corrected chi connectivity index (χ4v) is 7.67. The number of hydrogen-bond acceptors (Lipinski definition) is 9. The fourth-order valence-electron chi connectivity index (χ4n) is 7.67. The van der Waals surface area contributed by atoms with E-state index in [4.69, 9.17) is 9.47 Å². The maximum atomic E-state index is 13.0. The largest absolute Gasteiger partial charge is 0.394 e. The van der Waals surface area contributed by atoms with Gasteiger partial charge in [-0.2, -0.15) is 0 Å². The van der Waals surface area contributed by atoms with E-state index in [1.165, 1.54) is 141 Å². The Kier molecular flexibility index (Phi) is 34.7. The summed E-state index contributed by atoms with van der Waals surface area (Å²) in [6.07, 6.45) is 30.1. The smallest absolute Gasteiger partial charge is 0.249 e. The van der Waals surface area contributed by atoms with Crippen molar-refractivity contribution in [1.82, 2.24) is 5.32 Å². The summed E-state index contributed by atoms with van der Waals surface area (Å²) >= 11 is 0. The highest BCUT2D eigenvalue weighted by atomic mass is 16.7. The predicted molar refractivity (Wildman–Crippen MR) is 232 cm³/mol. The zero-order valence-electron chi connectivity index (χ0n) is 36.9. The minimum atomic E-state index is -1.61. The fraction of sp³-hybridized carbons (Fsp3) is 0.936. The Morgan fingerprint density at radius 2 is 1.11 bits per heavy atom. The lowest BCUT2D eigenvalue weighted by atomic mass is 9.99. The first kappa shape index (κ1) is 53.9. The highest BCUT2D eigenvalue weighted by molar-refractivity contribution is 5.80. The van der Waals surface area contributed by atoms with Gasteiger partial charge in [0.25, 0.3) is 0 Å². The van der Waals surface area contributed by atoms with Crippen LogP contribution >= 0.6 is 0 Å². The number of nitrogens with one attached hydrogen (secondary N) is 1. The van der Waals surface area contributed by atoms with E-state index < -0.39 is 61.5 Å². The first-order valence-electron chi connectivity index (χ1n) is 23.9. The summed E-state index contributed by atoms with van der Waals surface area (Å²) in [5.74, 6) is 0.217. The van der Waals surface area contributed by atoms with Crippen LogP contribution in [0, 0.1) is 5.92 Å². The van der Waals surface area contributed by atoms with Gasteiger partial charge in [0.2, 0.25) is 5.91 Å². The van der Waals surface area contributed by atoms with Crippen molar-refractivity contribution >= 4 is 5.91 Å². The molecule has 1 aliphatic rings. The van der Waals surface area contributed by atoms with Crippen LogP contribution in [-0.2, 0) is 14.3 Å². The summed E-state index contributed by atoms with van der Waals surface area (Å²) in [5, 5.41) is 64.7. The van der Waals surface area contributed by atoms with Crippen LogP contribution in [0.25, 0.3) is 0 Å². The summed E-state index contributed by atoms with van der Waals surface area (Å²) in [6.45, 7) is 5.96. The third-order valence-corrected chi connectivity index (χ3v) is 12.0. The van der Waals surface area contributed by atoms with E-state index in [0.29, 0.717) is 6.42 Å². The van der Waals surface area contributed by atoms with Gasteiger partial charge in [0.1, 0.15) is 30.5 Å². The van der Waals surface area contributed by atoms with Crippen LogP contribution in [0.5, 0.6) is 0 Å². The molecule has 1 saturated heterocycles. The van der Waals surface area contributed by atoms with E-state index in [1.807, 2.05) is 6.08 Å². The number of carbonyl (C=O) groups is 1. The van der Waals surface area contributed by atoms with Gasteiger partial charge in [0.15, 0.2) is 6.29 Å². The highest BCUT2D eigenvalue weighted by Gasteiger charge is 2.44. The lowest BCUT2D eigenvalue weighted by molar-refractivity contribution is -0.302. The average molecular weight is 814 g/mol. The van der Waals surface area contributed by atoms with Gasteiger partial charge in [-0.1, -0.05) is 206 Å². The molecular formula is C47H91NO9. The van der Waals surface area contributed by atoms with Gasteiger partial charge in [-0.15, -0.1) is 0 Å². The second kappa shape index (κ2) is 36.7. The van der Waals surface area contributed by atoms with Gasteiger partial charge in [0, 0.05) is 0 Å². The van der Waals surface area contributed by atoms with Gasteiger partial charge in [-0.05, 0) is 25.2 Å². The van der Waals surface area contributed by atoms with Crippen molar-refractivity contribution in [2.45, 2.75) is 262 Å². The van der Waals surface area contributed by atoms with Gasteiger partial charge in [-0.3, -0.25) is 4.79 Å². The van der Waals surface area contributed by atoms with Crippen molar-refractivity contribution in [1.29, 1.82) is 0 Å². The number of aliphatic hydroxyl groups excluding tert-OH is 6. The summed E-state index contributed by atoms with van der Waals surface area (Å²) in [4.78, 5) is 13.0. The molecule has 0 saturated carbocycles. The molecule has 0 aliphatic carbocycles. The van der Waals surface area contributed by atoms with E-state index in [-0.39, 0.29) is 6.61 Å². The normalized spacial score (nSPS) is 22.2. The van der Waals surface area contributed by atoms with Crippen LogP contribution in [0.3, 0.4) is 0 Å². The van der Waals surface area contributed by atoms with Crippen LogP contribution in [0.1, 0.15) is 213 Å². The molecule has 0 aromatic rings. The molecule has 1 unspecified atom stereocenters. The van der Waals surface area contributed by atoms with E-state index in [2.05, 4.69) is 26.1 Å². The second-order valence-electron chi connectivity index (χ2n) is 17.3. The maximum absolute atomic E-state index is 13.0. The molecule has 10 nitrogen and oxygen atoms in total.